The molecule has 1 aromatic heterocycles. The van der Waals surface area contributed by atoms with E-state index < -0.39 is 11.6 Å². The highest BCUT2D eigenvalue weighted by molar-refractivity contribution is 5.89. The standard InChI is InChI=1S/C17H29N5O2/c1-17(2,3)24-15(23)14-12(10-18)11-20-16(21-14)19-8-7-13-6-5-9-22(13)4/h11,13H,5-10,18H2,1-4H3,(H,19,20,21). The Hall–Kier alpha value is -1.73. The van der Waals surface area contributed by atoms with Gasteiger partial charge in [0.25, 0.3) is 0 Å². The quantitative estimate of drug-likeness (QED) is 0.765. The largest absolute Gasteiger partial charge is 0.455 e. The number of carbonyl (C=O) groups is 1. The number of carbonyl (C=O) groups excluding carboxylic acids is 1. The maximum absolute atomic E-state index is 12.3. The number of hydrogen-bond acceptors (Lipinski definition) is 7. The summed E-state index contributed by atoms with van der Waals surface area (Å²) in [5.74, 6) is -0.0300. The molecule has 3 N–H and O–H groups in total. The third kappa shape index (κ3) is 5.14. The Balaban J connectivity index is 2.00. The van der Waals surface area contributed by atoms with E-state index >= 15 is 0 Å². The Labute approximate surface area is 144 Å². The lowest BCUT2D eigenvalue weighted by Crippen LogP contribution is -2.28. The van der Waals surface area contributed by atoms with E-state index in [1.165, 1.54) is 12.8 Å². The predicted octanol–water partition coefficient (Wildman–Crippen LogP) is 1.79. The first-order chi connectivity index (χ1) is 11.3. The summed E-state index contributed by atoms with van der Waals surface area (Å²) in [6, 6.07) is 0.603. The highest BCUT2D eigenvalue weighted by Gasteiger charge is 2.23. The zero-order valence-electron chi connectivity index (χ0n) is 15.1. The van der Waals surface area contributed by atoms with Gasteiger partial charge in [-0.2, -0.15) is 0 Å². The third-order valence-corrected chi connectivity index (χ3v) is 4.11. The molecule has 1 unspecified atom stereocenters. The highest BCUT2D eigenvalue weighted by atomic mass is 16.6. The van der Waals surface area contributed by atoms with Crippen LogP contribution in [0.4, 0.5) is 5.95 Å². The molecule has 0 spiro atoms. The van der Waals surface area contributed by atoms with Crippen molar-refractivity contribution in [2.75, 3.05) is 25.5 Å². The summed E-state index contributed by atoms with van der Waals surface area (Å²) < 4.78 is 5.40. The second-order valence-electron chi connectivity index (χ2n) is 7.27. The summed E-state index contributed by atoms with van der Waals surface area (Å²) in [6.45, 7) is 7.60. The second kappa shape index (κ2) is 7.90. The maximum Gasteiger partial charge on any atom is 0.357 e. The molecule has 7 nitrogen and oxygen atoms in total. The molecule has 0 aromatic carbocycles. The molecule has 1 aromatic rings. The number of hydrogen-bond donors (Lipinski definition) is 2. The van der Waals surface area contributed by atoms with Crippen LogP contribution in [-0.2, 0) is 11.3 Å². The van der Waals surface area contributed by atoms with Crippen molar-refractivity contribution in [3.05, 3.63) is 17.5 Å². The van der Waals surface area contributed by atoms with E-state index in [1.54, 1.807) is 6.20 Å². The maximum atomic E-state index is 12.3. The van der Waals surface area contributed by atoms with Gasteiger partial charge in [0.15, 0.2) is 5.69 Å². The second-order valence-corrected chi connectivity index (χ2v) is 7.27. The fraction of sp³-hybridized carbons (Fsp3) is 0.706. The highest BCUT2D eigenvalue weighted by Crippen LogP contribution is 2.18. The molecule has 2 heterocycles. The summed E-state index contributed by atoms with van der Waals surface area (Å²) in [5.41, 5.74) is 5.94. The van der Waals surface area contributed by atoms with Crippen LogP contribution in [0.3, 0.4) is 0 Å². The molecule has 0 bridgehead atoms. The van der Waals surface area contributed by atoms with E-state index in [0.29, 0.717) is 17.6 Å². The molecule has 7 heteroatoms. The molecular formula is C17H29N5O2. The van der Waals surface area contributed by atoms with Gasteiger partial charge < -0.3 is 20.7 Å². The van der Waals surface area contributed by atoms with Gasteiger partial charge in [0, 0.05) is 30.9 Å². The summed E-state index contributed by atoms with van der Waals surface area (Å²) in [6.07, 6.45) is 5.11. The molecule has 1 fully saturated rings. The molecule has 0 radical (unpaired) electrons. The summed E-state index contributed by atoms with van der Waals surface area (Å²) in [4.78, 5) is 23.3. The van der Waals surface area contributed by atoms with Crippen LogP contribution in [0, 0.1) is 0 Å². The van der Waals surface area contributed by atoms with Gasteiger partial charge in [-0.25, -0.2) is 14.8 Å². The number of nitrogens with zero attached hydrogens (tertiary/aromatic N) is 3. The number of rotatable bonds is 6. The van der Waals surface area contributed by atoms with Crippen LogP contribution < -0.4 is 11.1 Å². The van der Waals surface area contributed by atoms with Gasteiger partial charge in [0.1, 0.15) is 5.60 Å². The monoisotopic (exact) mass is 335 g/mol. The Morgan fingerprint density at radius 3 is 2.83 bits per heavy atom. The van der Waals surface area contributed by atoms with E-state index in [9.17, 15) is 4.79 Å². The average Bonchev–Trinajstić information content (AvgIpc) is 2.91. The smallest absolute Gasteiger partial charge is 0.357 e. The van der Waals surface area contributed by atoms with Crippen molar-refractivity contribution in [2.45, 2.75) is 58.2 Å². The first-order valence-electron chi connectivity index (χ1n) is 8.53. The van der Waals surface area contributed by atoms with E-state index in [1.807, 2.05) is 20.8 Å². The van der Waals surface area contributed by atoms with Gasteiger partial charge in [-0.3, -0.25) is 0 Å². The number of aromatic nitrogens is 2. The SMILES string of the molecule is CN1CCCC1CCNc1ncc(CN)c(C(=O)OC(C)(C)C)n1. The van der Waals surface area contributed by atoms with E-state index in [0.717, 1.165) is 19.5 Å². The van der Waals surface area contributed by atoms with Crippen molar-refractivity contribution in [2.24, 2.45) is 5.73 Å². The van der Waals surface area contributed by atoms with Crippen LogP contribution in [-0.4, -0.2) is 52.6 Å². The van der Waals surface area contributed by atoms with Gasteiger partial charge in [-0.15, -0.1) is 0 Å². The van der Waals surface area contributed by atoms with Crippen LogP contribution in [0.15, 0.2) is 6.20 Å². The minimum absolute atomic E-state index is 0.196. The first kappa shape index (κ1) is 18.6. The molecule has 1 aliphatic heterocycles. The normalized spacial score (nSPS) is 18.6. The van der Waals surface area contributed by atoms with Crippen molar-refractivity contribution in [1.82, 2.24) is 14.9 Å². The summed E-state index contributed by atoms with van der Waals surface area (Å²) in [7, 11) is 2.16. The molecule has 2 rings (SSSR count). The van der Waals surface area contributed by atoms with Gasteiger partial charge >= 0.3 is 5.97 Å². The van der Waals surface area contributed by atoms with Crippen molar-refractivity contribution in [3.8, 4) is 0 Å². The Morgan fingerprint density at radius 1 is 1.50 bits per heavy atom. The van der Waals surface area contributed by atoms with E-state index in [-0.39, 0.29) is 12.2 Å². The van der Waals surface area contributed by atoms with Crippen LogP contribution in [0.2, 0.25) is 0 Å². The lowest BCUT2D eigenvalue weighted by atomic mass is 10.1. The van der Waals surface area contributed by atoms with E-state index in [4.69, 9.17) is 10.5 Å². The van der Waals surface area contributed by atoms with Crippen molar-refractivity contribution >= 4 is 11.9 Å². The number of nitrogens with two attached hydrogens (primary N) is 1. The Morgan fingerprint density at radius 2 is 2.25 bits per heavy atom. The van der Waals surface area contributed by atoms with Gasteiger partial charge in [0.05, 0.1) is 0 Å². The molecule has 1 atom stereocenters. The van der Waals surface area contributed by atoms with Crippen molar-refractivity contribution in [3.63, 3.8) is 0 Å². The summed E-state index contributed by atoms with van der Waals surface area (Å²) >= 11 is 0. The van der Waals surface area contributed by atoms with Crippen LogP contribution >= 0.6 is 0 Å². The van der Waals surface area contributed by atoms with Crippen LogP contribution in [0.25, 0.3) is 0 Å². The van der Waals surface area contributed by atoms with Gasteiger partial charge in [-0.05, 0) is 53.6 Å². The number of likely N-dealkylation sites (tertiary alicyclic amines) is 1. The lowest BCUT2D eigenvalue weighted by Gasteiger charge is -2.20. The Bertz CT molecular complexity index is 571. The fourth-order valence-corrected chi connectivity index (χ4v) is 2.84. The molecule has 0 amide bonds. The zero-order chi connectivity index (χ0) is 17.7. The molecule has 24 heavy (non-hydrogen) atoms. The topological polar surface area (TPSA) is 93.4 Å². The number of nitrogens with one attached hydrogen (secondary N) is 1. The number of esters is 1. The van der Waals surface area contributed by atoms with Gasteiger partial charge in [-0.1, -0.05) is 0 Å². The zero-order valence-corrected chi connectivity index (χ0v) is 15.1. The molecule has 134 valence electrons. The minimum atomic E-state index is -0.575. The number of ether oxygens (including phenoxy) is 1. The van der Waals surface area contributed by atoms with Crippen LogP contribution in [0.5, 0.6) is 0 Å². The summed E-state index contributed by atoms with van der Waals surface area (Å²) in [5, 5.41) is 3.20. The predicted molar refractivity (Wildman–Crippen MR) is 93.9 cm³/mol. The van der Waals surface area contributed by atoms with E-state index in [2.05, 4.69) is 27.2 Å². The molecule has 0 aliphatic carbocycles. The van der Waals surface area contributed by atoms with Crippen LogP contribution in [0.1, 0.15) is 56.1 Å². The van der Waals surface area contributed by atoms with Crippen molar-refractivity contribution < 1.29 is 9.53 Å². The number of anilines is 1. The third-order valence-electron chi connectivity index (χ3n) is 4.11. The lowest BCUT2D eigenvalue weighted by molar-refractivity contribution is 0.00614. The molecule has 0 saturated carbocycles. The average molecular weight is 335 g/mol. The Kier molecular flexibility index (Phi) is 6.12. The molecule has 1 aliphatic rings. The first-order valence-corrected chi connectivity index (χ1v) is 8.53. The molecule has 1 saturated heterocycles. The fourth-order valence-electron chi connectivity index (χ4n) is 2.84. The van der Waals surface area contributed by atoms with Crippen molar-refractivity contribution in [1.29, 1.82) is 0 Å². The van der Waals surface area contributed by atoms with Gasteiger partial charge in [0.2, 0.25) is 5.95 Å². The molecular weight excluding hydrogens is 306 g/mol. The minimum Gasteiger partial charge on any atom is -0.455 e.